The lowest BCUT2D eigenvalue weighted by Crippen LogP contribution is -2.43. The summed E-state index contributed by atoms with van der Waals surface area (Å²) in [6, 6.07) is 7.01. The smallest absolute Gasteiger partial charge is 0.228 e. The van der Waals surface area contributed by atoms with Crippen molar-refractivity contribution in [2.24, 2.45) is 23.7 Å². The molecule has 5 nitrogen and oxygen atoms in total. The third-order valence-corrected chi connectivity index (χ3v) is 4.85. The number of fused-ring (bicyclic) bond motifs is 2. The zero-order valence-electron chi connectivity index (χ0n) is 11.9. The van der Waals surface area contributed by atoms with Crippen LogP contribution in [0, 0.1) is 23.7 Å². The van der Waals surface area contributed by atoms with Gasteiger partial charge in [-0.25, -0.2) is 0 Å². The number of methoxy groups -OCH3 is 1. The van der Waals surface area contributed by atoms with Gasteiger partial charge >= 0.3 is 0 Å². The zero-order valence-corrected chi connectivity index (χ0v) is 11.9. The number of carbonyl (C=O) groups is 2. The zero-order chi connectivity index (χ0) is 15.0. The molecular formula is C16H18NO4-. The summed E-state index contributed by atoms with van der Waals surface area (Å²) < 4.78 is 5.06. The number of carboxylic acids is 1. The minimum Gasteiger partial charge on any atom is -0.550 e. The quantitative estimate of drug-likeness (QED) is 0.898. The molecule has 2 aliphatic carbocycles. The number of amides is 1. The Morgan fingerprint density at radius 3 is 2.33 bits per heavy atom. The predicted molar refractivity (Wildman–Crippen MR) is 74.4 cm³/mol. The van der Waals surface area contributed by atoms with Crippen molar-refractivity contribution in [1.29, 1.82) is 0 Å². The van der Waals surface area contributed by atoms with E-state index < -0.39 is 17.8 Å². The molecule has 2 fully saturated rings. The van der Waals surface area contributed by atoms with Gasteiger partial charge in [0, 0.05) is 23.5 Å². The third-order valence-electron chi connectivity index (χ3n) is 4.85. The molecule has 21 heavy (non-hydrogen) atoms. The van der Waals surface area contributed by atoms with E-state index >= 15 is 0 Å². The lowest BCUT2D eigenvalue weighted by molar-refractivity contribution is -0.314. The van der Waals surface area contributed by atoms with E-state index in [1.54, 1.807) is 31.4 Å². The molecule has 1 amide bonds. The number of anilines is 1. The first-order chi connectivity index (χ1) is 10.1. The first kappa shape index (κ1) is 13.9. The molecular weight excluding hydrogens is 270 g/mol. The maximum Gasteiger partial charge on any atom is 0.228 e. The normalized spacial score (nSPS) is 30.1. The molecule has 2 saturated carbocycles. The molecule has 112 valence electrons. The first-order valence-electron chi connectivity index (χ1n) is 7.26. The van der Waals surface area contributed by atoms with Gasteiger partial charge in [-0.05, 0) is 55.4 Å². The average molecular weight is 288 g/mol. The van der Waals surface area contributed by atoms with E-state index in [1.807, 2.05) is 0 Å². The van der Waals surface area contributed by atoms with Crippen molar-refractivity contribution in [3.8, 4) is 5.75 Å². The van der Waals surface area contributed by atoms with Crippen LogP contribution in [0.1, 0.15) is 19.3 Å². The Labute approximate surface area is 123 Å². The Balaban J connectivity index is 1.73. The van der Waals surface area contributed by atoms with Crippen molar-refractivity contribution in [3.05, 3.63) is 24.3 Å². The molecule has 0 unspecified atom stereocenters. The summed E-state index contributed by atoms with van der Waals surface area (Å²) in [4.78, 5) is 23.8. The molecule has 0 aliphatic heterocycles. The van der Waals surface area contributed by atoms with E-state index in [4.69, 9.17) is 4.74 Å². The molecule has 0 aromatic heterocycles. The molecule has 4 atom stereocenters. The van der Waals surface area contributed by atoms with Crippen LogP contribution in [0.15, 0.2) is 24.3 Å². The lowest BCUT2D eigenvalue weighted by Gasteiger charge is -2.30. The van der Waals surface area contributed by atoms with Gasteiger partial charge in [0.05, 0.1) is 7.11 Å². The van der Waals surface area contributed by atoms with Crippen LogP contribution in [0.5, 0.6) is 5.75 Å². The fourth-order valence-corrected chi connectivity index (χ4v) is 3.91. The van der Waals surface area contributed by atoms with Gasteiger partial charge in [-0.3, -0.25) is 4.79 Å². The Morgan fingerprint density at radius 1 is 1.14 bits per heavy atom. The fraction of sp³-hybridized carbons (Fsp3) is 0.500. The van der Waals surface area contributed by atoms with E-state index in [9.17, 15) is 14.7 Å². The summed E-state index contributed by atoms with van der Waals surface area (Å²) >= 11 is 0. The summed E-state index contributed by atoms with van der Waals surface area (Å²) in [5, 5.41) is 14.2. The monoisotopic (exact) mass is 288 g/mol. The highest BCUT2D eigenvalue weighted by Gasteiger charge is 2.51. The van der Waals surface area contributed by atoms with Crippen LogP contribution in [0.25, 0.3) is 0 Å². The van der Waals surface area contributed by atoms with E-state index in [2.05, 4.69) is 5.32 Å². The minimum atomic E-state index is -1.09. The molecule has 1 N–H and O–H groups in total. The lowest BCUT2D eigenvalue weighted by atomic mass is 9.78. The van der Waals surface area contributed by atoms with Crippen molar-refractivity contribution >= 4 is 17.6 Å². The van der Waals surface area contributed by atoms with Gasteiger partial charge in [0.15, 0.2) is 0 Å². The van der Waals surface area contributed by atoms with Gasteiger partial charge in [-0.2, -0.15) is 0 Å². The second-order valence-electron chi connectivity index (χ2n) is 5.92. The molecule has 5 heteroatoms. The minimum absolute atomic E-state index is 0.103. The van der Waals surface area contributed by atoms with Crippen molar-refractivity contribution in [1.82, 2.24) is 0 Å². The molecule has 0 heterocycles. The second-order valence-corrected chi connectivity index (χ2v) is 5.92. The van der Waals surface area contributed by atoms with Gasteiger partial charge in [-0.15, -0.1) is 0 Å². The van der Waals surface area contributed by atoms with E-state index in [-0.39, 0.29) is 17.7 Å². The van der Waals surface area contributed by atoms with Crippen molar-refractivity contribution in [3.63, 3.8) is 0 Å². The van der Waals surface area contributed by atoms with Crippen LogP contribution in [0.3, 0.4) is 0 Å². The van der Waals surface area contributed by atoms with Crippen LogP contribution >= 0.6 is 0 Å². The number of aliphatic carboxylic acids is 1. The van der Waals surface area contributed by atoms with Crippen LogP contribution < -0.4 is 15.2 Å². The highest BCUT2D eigenvalue weighted by atomic mass is 16.5. The Kier molecular flexibility index (Phi) is 3.57. The highest BCUT2D eigenvalue weighted by Crippen LogP contribution is 2.52. The summed E-state index contributed by atoms with van der Waals surface area (Å²) in [6.45, 7) is 0. The summed E-state index contributed by atoms with van der Waals surface area (Å²) in [7, 11) is 1.58. The second kappa shape index (κ2) is 5.39. The number of ether oxygens (including phenoxy) is 1. The number of hydrogen-bond donors (Lipinski definition) is 1. The maximum atomic E-state index is 12.4. The third kappa shape index (κ3) is 2.48. The van der Waals surface area contributed by atoms with Crippen LogP contribution in [0.2, 0.25) is 0 Å². The molecule has 2 bridgehead atoms. The Bertz CT molecular complexity index is 554. The van der Waals surface area contributed by atoms with Crippen molar-refractivity contribution in [2.45, 2.75) is 19.3 Å². The van der Waals surface area contributed by atoms with Gasteiger partial charge in [0.1, 0.15) is 5.75 Å². The topological polar surface area (TPSA) is 78.5 Å². The van der Waals surface area contributed by atoms with E-state index in [0.29, 0.717) is 11.4 Å². The van der Waals surface area contributed by atoms with Crippen LogP contribution in [-0.4, -0.2) is 19.0 Å². The summed E-state index contributed by atoms with van der Waals surface area (Å²) in [5.41, 5.74) is 0.653. The fourth-order valence-electron chi connectivity index (χ4n) is 3.91. The number of carboxylic acid groups (broad SMARTS) is 1. The van der Waals surface area contributed by atoms with E-state index in [0.717, 1.165) is 19.3 Å². The van der Waals surface area contributed by atoms with Gasteiger partial charge < -0.3 is 20.0 Å². The Morgan fingerprint density at radius 2 is 1.76 bits per heavy atom. The summed E-state index contributed by atoms with van der Waals surface area (Å²) in [6.07, 6.45) is 2.67. The molecule has 2 aliphatic rings. The highest BCUT2D eigenvalue weighted by molar-refractivity contribution is 5.95. The van der Waals surface area contributed by atoms with Crippen molar-refractivity contribution in [2.75, 3.05) is 12.4 Å². The van der Waals surface area contributed by atoms with Crippen LogP contribution in [-0.2, 0) is 9.59 Å². The molecule has 0 saturated heterocycles. The number of carbonyl (C=O) groups excluding carboxylic acids is 2. The SMILES string of the molecule is COc1ccc(NC(=O)[C@H]2[C@H]3CC[C@@H](C3)[C@@H]2C(=O)[O-])cc1. The molecule has 1 aromatic carbocycles. The number of rotatable bonds is 4. The molecule has 3 rings (SSSR count). The molecule has 1 aromatic rings. The predicted octanol–water partition coefficient (Wildman–Crippen LogP) is 1.05. The Hall–Kier alpha value is -2.04. The van der Waals surface area contributed by atoms with Crippen LogP contribution in [0.4, 0.5) is 5.69 Å². The number of hydrogen-bond acceptors (Lipinski definition) is 4. The van der Waals surface area contributed by atoms with Crippen molar-refractivity contribution < 1.29 is 19.4 Å². The van der Waals surface area contributed by atoms with Gasteiger partial charge in [0.25, 0.3) is 0 Å². The van der Waals surface area contributed by atoms with Gasteiger partial charge in [-0.1, -0.05) is 0 Å². The summed E-state index contributed by atoms with van der Waals surface area (Å²) in [5.74, 6) is -1.40. The molecule has 0 radical (unpaired) electrons. The van der Waals surface area contributed by atoms with Gasteiger partial charge in [0.2, 0.25) is 5.91 Å². The number of nitrogens with one attached hydrogen (secondary N) is 1. The van der Waals surface area contributed by atoms with E-state index in [1.165, 1.54) is 0 Å². The standard InChI is InChI=1S/C16H19NO4/c1-21-12-6-4-11(5-7-12)17-15(18)13-9-2-3-10(8-9)14(13)16(19)20/h4-7,9-10,13-14H,2-3,8H2,1H3,(H,17,18)(H,19,20)/p-1/t9-,10-,13-,14-/m0/s1. The average Bonchev–Trinajstić information content (AvgIpc) is 3.08. The maximum absolute atomic E-state index is 12.4. The molecule has 0 spiro atoms. The largest absolute Gasteiger partial charge is 0.550 e. The number of benzene rings is 1. The first-order valence-corrected chi connectivity index (χ1v) is 7.26.